The summed E-state index contributed by atoms with van der Waals surface area (Å²) < 4.78 is 50.0. The number of hydrogen-bond acceptors (Lipinski definition) is 6. The van der Waals surface area contributed by atoms with E-state index in [2.05, 4.69) is 5.32 Å². The number of alkyl halides is 3. The summed E-state index contributed by atoms with van der Waals surface area (Å²) in [4.78, 5) is 39.0. The molecule has 0 bridgehead atoms. The van der Waals surface area contributed by atoms with Crippen LogP contribution in [-0.4, -0.2) is 42.2 Å². The van der Waals surface area contributed by atoms with Gasteiger partial charge in [0.25, 0.3) is 11.1 Å². The highest BCUT2D eigenvalue weighted by Crippen LogP contribution is 2.37. The molecule has 1 aliphatic rings. The fourth-order valence-electron chi connectivity index (χ4n) is 3.70. The van der Waals surface area contributed by atoms with E-state index in [9.17, 15) is 27.6 Å². The number of anilines is 1. The van der Waals surface area contributed by atoms with Crippen molar-refractivity contribution in [1.82, 2.24) is 4.90 Å². The molecule has 0 aliphatic carbocycles. The molecule has 11 heteroatoms. The van der Waals surface area contributed by atoms with Crippen LogP contribution in [0.5, 0.6) is 11.5 Å². The van der Waals surface area contributed by atoms with Gasteiger partial charge in [-0.05, 0) is 84.6 Å². The van der Waals surface area contributed by atoms with Gasteiger partial charge in [0.1, 0.15) is 18.0 Å². The maximum absolute atomic E-state index is 13.1. The molecule has 0 aromatic heterocycles. The van der Waals surface area contributed by atoms with Gasteiger partial charge in [-0.3, -0.25) is 19.3 Å². The minimum absolute atomic E-state index is 0.00214. The zero-order valence-electron chi connectivity index (χ0n) is 21.0. The van der Waals surface area contributed by atoms with Crippen molar-refractivity contribution in [2.24, 2.45) is 0 Å². The third-order valence-electron chi connectivity index (χ3n) is 5.58. The number of methoxy groups -OCH3 is 1. The number of benzene rings is 2. The number of hydrogen-bond donors (Lipinski definition) is 1. The zero-order valence-corrected chi connectivity index (χ0v) is 21.8. The molecular weight excluding hydrogens is 509 g/mol. The molecule has 0 unspecified atom stereocenters. The molecule has 0 radical (unpaired) electrons. The fourth-order valence-corrected chi connectivity index (χ4v) is 4.53. The molecule has 1 fully saturated rings. The van der Waals surface area contributed by atoms with Crippen LogP contribution >= 0.6 is 11.8 Å². The lowest BCUT2D eigenvalue weighted by Gasteiger charge is -2.16. The number of nitrogens with one attached hydrogen (secondary N) is 1. The van der Waals surface area contributed by atoms with Crippen molar-refractivity contribution in [1.29, 1.82) is 0 Å². The minimum atomic E-state index is -4.63. The van der Waals surface area contributed by atoms with Gasteiger partial charge < -0.3 is 14.8 Å². The molecule has 3 amide bonds. The first-order valence-corrected chi connectivity index (χ1v) is 12.2. The maximum Gasteiger partial charge on any atom is 0.416 e. The number of ether oxygens (including phenoxy) is 2. The van der Waals surface area contributed by atoms with Crippen molar-refractivity contribution in [3.05, 3.63) is 57.5 Å². The van der Waals surface area contributed by atoms with Crippen LogP contribution in [-0.2, 0) is 15.8 Å². The third-order valence-corrected chi connectivity index (χ3v) is 6.49. The largest absolute Gasteiger partial charge is 0.495 e. The van der Waals surface area contributed by atoms with Crippen molar-refractivity contribution in [3.63, 3.8) is 0 Å². The smallest absolute Gasteiger partial charge is 0.416 e. The lowest BCUT2D eigenvalue weighted by molar-refractivity contribution is -0.137. The van der Waals surface area contributed by atoms with Gasteiger partial charge in [-0.15, -0.1) is 0 Å². The minimum Gasteiger partial charge on any atom is -0.495 e. The first-order chi connectivity index (χ1) is 17.3. The van der Waals surface area contributed by atoms with Gasteiger partial charge >= 0.3 is 6.18 Å². The predicted molar refractivity (Wildman–Crippen MR) is 136 cm³/mol. The summed E-state index contributed by atoms with van der Waals surface area (Å²) in [6.45, 7) is 7.62. The molecule has 1 N–H and O–H groups in total. The zero-order chi connectivity index (χ0) is 27.5. The Kier molecular flexibility index (Phi) is 8.57. The highest BCUT2D eigenvalue weighted by Gasteiger charge is 2.37. The van der Waals surface area contributed by atoms with Crippen LogP contribution in [0.1, 0.15) is 48.9 Å². The Bertz CT molecular complexity index is 1260. The van der Waals surface area contributed by atoms with E-state index in [1.165, 1.54) is 7.11 Å². The number of amides is 3. The number of carbonyl (C=O) groups is 3. The van der Waals surface area contributed by atoms with Gasteiger partial charge in [-0.25, -0.2) is 0 Å². The van der Waals surface area contributed by atoms with Gasteiger partial charge in [0, 0.05) is 0 Å². The molecule has 3 rings (SSSR count). The van der Waals surface area contributed by atoms with Gasteiger partial charge in [-0.1, -0.05) is 13.8 Å². The Morgan fingerprint density at radius 1 is 1.16 bits per heavy atom. The van der Waals surface area contributed by atoms with E-state index < -0.39 is 35.3 Å². The summed E-state index contributed by atoms with van der Waals surface area (Å²) in [7, 11) is 1.24. The Hall–Kier alpha value is -3.47. The number of nitrogens with zero attached hydrogens (tertiary/aromatic N) is 1. The predicted octanol–water partition coefficient (Wildman–Crippen LogP) is 6.22. The molecule has 1 heterocycles. The second-order valence-electron chi connectivity index (χ2n) is 8.56. The fraction of sp³-hybridized carbons (Fsp3) is 0.346. The van der Waals surface area contributed by atoms with Crippen LogP contribution in [0.15, 0.2) is 35.2 Å². The summed E-state index contributed by atoms with van der Waals surface area (Å²) in [5.41, 5.74) is 1.32. The number of halogens is 3. The van der Waals surface area contributed by atoms with Crippen LogP contribution in [0, 0.1) is 6.92 Å². The molecule has 2 aromatic rings. The van der Waals surface area contributed by atoms with Crippen LogP contribution in [0.4, 0.5) is 23.7 Å². The van der Waals surface area contributed by atoms with E-state index in [0.717, 1.165) is 45.5 Å². The lowest BCUT2D eigenvalue weighted by Crippen LogP contribution is -2.36. The van der Waals surface area contributed by atoms with Gasteiger partial charge in [-0.2, -0.15) is 13.2 Å². The van der Waals surface area contributed by atoms with Crippen molar-refractivity contribution >= 4 is 40.6 Å². The number of rotatable bonds is 8. The summed E-state index contributed by atoms with van der Waals surface area (Å²) in [6, 6.07) is 6.41. The van der Waals surface area contributed by atoms with Crippen molar-refractivity contribution < 1.29 is 37.0 Å². The quantitative estimate of drug-likeness (QED) is 0.403. The van der Waals surface area contributed by atoms with E-state index in [1.54, 1.807) is 6.08 Å². The average molecular weight is 537 g/mol. The van der Waals surface area contributed by atoms with Gasteiger partial charge in [0.05, 0.1) is 29.9 Å². The topological polar surface area (TPSA) is 84.9 Å². The molecule has 7 nitrogen and oxygen atoms in total. The van der Waals surface area contributed by atoms with E-state index in [1.807, 2.05) is 39.8 Å². The Morgan fingerprint density at radius 2 is 1.86 bits per heavy atom. The Labute approximate surface area is 217 Å². The highest BCUT2D eigenvalue weighted by atomic mass is 32.2. The SMILES string of the molecule is CCOc1cc(C)c(/C=C2\SC(=O)N(CC(=O)Nc3cc(C(F)(F)F)ccc3OC)C2=O)cc1C(C)C. The molecule has 1 saturated heterocycles. The Balaban J connectivity index is 1.81. The summed E-state index contributed by atoms with van der Waals surface area (Å²) in [6.07, 6.45) is -3.03. The number of aryl methyl sites for hydroxylation is 1. The second-order valence-corrected chi connectivity index (χ2v) is 9.56. The van der Waals surface area contributed by atoms with Crippen molar-refractivity contribution in [3.8, 4) is 11.5 Å². The number of thioether (sulfide) groups is 1. The summed E-state index contributed by atoms with van der Waals surface area (Å²) in [5, 5.41) is 1.64. The normalized spacial score (nSPS) is 15.1. The molecule has 2 aromatic carbocycles. The van der Waals surface area contributed by atoms with Crippen LogP contribution in [0.2, 0.25) is 0 Å². The second kappa shape index (κ2) is 11.3. The first kappa shape index (κ1) is 28.1. The molecule has 0 atom stereocenters. The standard InChI is InChI=1S/C26H27F3N2O5S/c1-6-36-21-9-15(4)16(10-18(21)14(2)3)11-22-24(33)31(25(34)37-22)13-23(32)30-19-12-17(26(27,28)29)7-8-20(19)35-5/h7-12,14H,6,13H2,1-5H3,(H,30,32)/b22-11-. The van der Waals surface area contributed by atoms with Crippen molar-refractivity contribution in [2.45, 2.75) is 39.8 Å². The molecule has 1 aliphatic heterocycles. The molecular formula is C26H27F3N2O5S. The van der Waals surface area contributed by atoms with Gasteiger partial charge in [0.15, 0.2) is 0 Å². The van der Waals surface area contributed by atoms with Crippen LogP contribution < -0.4 is 14.8 Å². The van der Waals surface area contributed by atoms with Crippen molar-refractivity contribution in [2.75, 3.05) is 25.6 Å². The number of carbonyl (C=O) groups excluding carboxylic acids is 3. The first-order valence-electron chi connectivity index (χ1n) is 11.4. The average Bonchev–Trinajstić information content (AvgIpc) is 3.07. The summed E-state index contributed by atoms with van der Waals surface area (Å²) in [5.74, 6) is -0.605. The highest BCUT2D eigenvalue weighted by molar-refractivity contribution is 8.18. The molecule has 0 saturated carbocycles. The monoisotopic (exact) mass is 536 g/mol. The molecule has 37 heavy (non-hydrogen) atoms. The molecule has 0 spiro atoms. The van der Waals surface area contributed by atoms with E-state index in [0.29, 0.717) is 18.4 Å². The summed E-state index contributed by atoms with van der Waals surface area (Å²) >= 11 is 0.690. The van der Waals surface area contributed by atoms with Crippen LogP contribution in [0.25, 0.3) is 6.08 Å². The van der Waals surface area contributed by atoms with Crippen LogP contribution in [0.3, 0.4) is 0 Å². The number of imide groups is 1. The van der Waals surface area contributed by atoms with E-state index in [-0.39, 0.29) is 22.3 Å². The lowest BCUT2D eigenvalue weighted by atomic mass is 9.96. The van der Waals surface area contributed by atoms with Gasteiger partial charge in [0.2, 0.25) is 5.91 Å². The maximum atomic E-state index is 13.1. The Morgan fingerprint density at radius 3 is 2.46 bits per heavy atom. The molecule has 198 valence electrons. The third kappa shape index (κ3) is 6.46. The van der Waals surface area contributed by atoms with E-state index >= 15 is 0 Å². The van der Waals surface area contributed by atoms with E-state index in [4.69, 9.17) is 9.47 Å².